The van der Waals surface area contributed by atoms with E-state index < -0.39 is 10.0 Å². The Morgan fingerprint density at radius 2 is 1.77 bits per heavy atom. The molecule has 0 radical (unpaired) electrons. The summed E-state index contributed by atoms with van der Waals surface area (Å²) in [7, 11) is -2.03. The third kappa shape index (κ3) is 9.09. The van der Waals surface area contributed by atoms with Crippen LogP contribution in [-0.2, 0) is 27.8 Å². The fraction of sp³-hybridized carbons (Fsp3) is 0.381. The average molecular weight is 564 g/mol. The summed E-state index contributed by atoms with van der Waals surface area (Å²) in [6.07, 6.45) is 0. The van der Waals surface area contributed by atoms with Gasteiger partial charge in [0, 0.05) is 26.7 Å². The predicted molar refractivity (Wildman–Crippen MR) is 132 cm³/mol. The van der Waals surface area contributed by atoms with E-state index >= 15 is 0 Å². The molecule has 0 spiro atoms. The molecule has 0 aliphatic carbocycles. The van der Waals surface area contributed by atoms with Gasteiger partial charge in [0.05, 0.1) is 18.0 Å². The second-order valence-electron chi connectivity index (χ2n) is 6.67. The summed E-state index contributed by atoms with van der Waals surface area (Å²) >= 11 is 0. The molecule has 0 heterocycles. The van der Waals surface area contributed by atoms with Gasteiger partial charge >= 0.3 is 0 Å². The maximum atomic E-state index is 13.4. The normalized spacial score (nSPS) is 11.7. The highest BCUT2D eigenvalue weighted by Gasteiger charge is 2.12. The Hall–Kier alpha value is -1.76. The molecule has 0 aliphatic rings. The van der Waals surface area contributed by atoms with Crippen molar-refractivity contribution in [3.8, 4) is 0 Å². The van der Waals surface area contributed by atoms with Gasteiger partial charge in [-0.2, -0.15) is 0 Å². The number of aliphatic imine (C=N–C) groups is 1. The van der Waals surface area contributed by atoms with Crippen molar-refractivity contribution >= 4 is 40.0 Å². The van der Waals surface area contributed by atoms with Gasteiger partial charge in [0.25, 0.3) is 0 Å². The van der Waals surface area contributed by atoms with Crippen molar-refractivity contribution in [1.29, 1.82) is 0 Å². The number of halogens is 2. The Labute approximate surface area is 201 Å². The van der Waals surface area contributed by atoms with Crippen LogP contribution in [0.25, 0.3) is 0 Å². The van der Waals surface area contributed by atoms with Crippen molar-refractivity contribution in [2.45, 2.75) is 31.8 Å². The predicted octanol–water partition coefficient (Wildman–Crippen LogP) is 2.93. The molecule has 0 aromatic heterocycles. The number of benzene rings is 2. The standard InChI is InChI=1S/C21H29FN4O3S.HI/c1-4-23-21(25-15-18-7-10-20(22)16(2)13-18)24-14-17-5-8-19(9-6-17)30(27,28)26-11-12-29-3;/h5-10,13,26H,4,11-12,14-15H2,1-3H3,(H2,23,24,25);1H. The quantitative estimate of drug-likeness (QED) is 0.179. The Balaban J connectivity index is 0.00000480. The lowest BCUT2D eigenvalue weighted by molar-refractivity contribution is 0.204. The van der Waals surface area contributed by atoms with Crippen molar-refractivity contribution in [1.82, 2.24) is 15.4 Å². The maximum Gasteiger partial charge on any atom is 0.240 e. The molecule has 2 rings (SSSR count). The van der Waals surface area contributed by atoms with E-state index in [-0.39, 0.29) is 41.2 Å². The summed E-state index contributed by atoms with van der Waals surface area (Å²) in [5.41, 5.74) is 2.42. The fourth-order valence-electron chi connectivity index (χ4n) is 2.65. The van der Waals surface area contributed by atoms with E-state index in [1.165, 1.54) is 13.2 Å². The summed E-state index contributed by atoms with van der Waals surface area (Å²) in [5, 5.41) is 6.38. The van der Waals surface area contributed by atoms with Crippen molar-refractivity contribution in [3.05, 3.63) is 65.0 Å². The molecule has 0 fully saturated rings. The van der Waals surface area contributed by atoms with Crippen LogP contribution in [0.3, 0.4) is 0 Å². The molecule has 172 valence electrons. The lowest BCUT2D eigenvalue weighted by Gasteiger charge is -2.12. The van der Waals surface area contributed by atoms with Gasteiger partial charge in [0.15, 0.2) is 5.96 Å². The molecule has 2 aromatic carbocycles. The van der Waals surface area contributed by atoms with Crippen LogP contribution in [0.2, 0.25) is 0 Å². The Bertz CT molecular complexity index is 954. The maximum absolute atomic E-state index is 13.4. The van der Waals surface area contributed by atoms with Crippen LogP contribution < -0.4 is 15.4 Å². The highest BCUT2D eigenvalue weighted by Crippen LogP contribution is 2.11. The molecule has 0 bridgehead atoms. The summed E-state index contributed by atoms with van der Waals surface area (Å²) < 4.78 is 45.1. The number of hydrogen-bond donors (Lipinski definition) is 3. The first-order valence-electron chi connectivity index (χ1n) is 9.70. The number of ether oxygens (including phenoxy) is 1. The third-order valence-electron chi connectivity index (χ3n) is 4.28. The van der Waals surface area contributed by atoms with Crippen LogP contribution in [0.5, 0.6) is 0 Å². The van der Waals surface area contributed by atoms with Gasteiger partial charge < -0.3 is 15.4 Å². The monoisotopic (exact) mass is 564 g/mol. The summed E-state index contributed by atoms with van der Waals surface area (Å²) in [5.74, 6) is 0.393. The van der Waals surface area contributed by atoms with Gasteiger partial charge in [-0.1, -0.05) is 24.3 Å². The minimum atomic E-state index is -3.55. The zero-order chi connectivity index (χ0) is 22.0. The fourth-order valence-corrected chi connectivity index (χ4v) is 3.66. The molecule has 2 aromatic rings. The first kappa shape index (κ1) is 27.3. The molecular weight excluding hydrogens is 534 g/mol. The molecule has 0 amide bonds. The molecule has 0 aliphatic heterocycles. The molecule has 10 heteroatoms. The molecule has 31 heavy (non-hydrogen) atoms. The van der Waals surface area contributed by atoms with Gasteiger partial charge in [0.1, 0.15) is 5.82 Å². The lowest BCUT2D eigenvalue weighted by Crippen LogP contribution is -2.36. The van der Waals surface area contributed by atoms with Gasteiger partial charge in [-0.15, -0.1) is 24.0 Å². The number of nitrogens with zero attached hydrogens (tertiary/aromatic N) is 1. The third-order valence-corrected chi connectivity index (χ3v) is 5.76. The molecular formula is C21H30FIN4O3S. The smallest absolute Gasteiger partial charge is 0.240 e. The van der Waals surface area contributed by atoms with E-state index in [2.05, 4.69) is 20.3 Å². The first-order chi connectivity index (χ1) is 14.4. The van der Waals surface area contributed by atoms with Crippen LogP contribution in [0.15, 0.2) is 52.4 Å². The summed E-state index contributed by atoms with van der Waals surface area (Å²) in [6.45, 7) is 5.81. The number of hydrogen-bond acceptors (Lipinski definition) is 4. The highest BCUT2D eigenvalue weighted by molar-refractivity contribution is 14.0. The van der Waals surface area contributed by atoms with Crippen LogP contribution in [-0.4, -0.2) is 41.2 Å². The van der Waals surface area contributed by atoms with Crippen LogP contribution in [0.1, 0.15) is 23.6 Å². The van der Waals surface area contributed by atoms with Crippen LogP contribution in [0.4, 0.5) is 4.39 Å². The van der Waals surface area contributed by atoms with E-state index in [1.807, 2.05) is 6.92 Å². The van der Waals surface area contributed by atoms with E-state index in [0.29, 0.717) is 37.8 Å². The number of nitrogens with one attached hydrogen (secondary N) is 3. The molecule has 0 saturated heterocycles. The molecule has 3 N–H and O–H groups in total. The lowest BCUT2D eigenvalue weighted by atomic mass is 10.1. The SMILES string of the molecule is CCNC(=NCc1ccc(F)c(C)c1)NCc1ccc(S(=O)(=O)NCCOC)cc1.I. The topological polar surface area (TPSA) is 91.8 Å². The number of methoxy groups -OCH3 is 1. The number of rotatable bonds is 10. The Morgan fingerprint density at radius 3 is 2.39 bits per heavy atom. The Morgan fingerprint density at radius 1 is 1.10 bits per heavy atom. The average Bonchev–Trinajstić information content (AvgIpc) is 2.73. The molecule has 0 saturated carbocycles. The summed E-state index contributed by atoms with van der Waals surface area (Å²) in [4.78, 5) is 4.73. The van der Waals surface area contributed by atoms with Crippen molar-refractivity contribution in [2.24, 2.45) is 4.99 Å². The Kier molecular flexibility index (Phi) is 12.0. The molecule has 0 unspecified atom stereocenters. The van der Waals surface area contributed by atoms with Crippen molar-refractivity contribution in [2.75, 3.05) is 26.8 Å². The van der Waals surface area contributed by atoms with Crippen LogP contribution >= 0.6 is 24.0 Å². The molecule has 0 atom stereocenters. The molecule has 7 nitrogen and oxygen atoms in total. The largest absolute Gasteiger partial charge is 0.383 e. The van der Waals surface area contributed by atoms with Crippen molar-refractivity contribution in [3.63, 3.8) is 0 Å². The van der Waals surface area contributed by atoms with Crippen molar-refractivity contribution < 1.29 is 17.5 Å². The second-order valence-corrected chi connectivity index (χ2v) is 8.43. The number of aryl methyl sites for hydroxylation is 1. The number of guanidine groups is 1. The zero-order valence-corrected chi connectivity index (χ0v) is 21.1. The second kappa shape index (κ2) is 13.6. The van der Waals surface area contributed by atoms with Gasteiger partial charge in [-0.05, 0) is 48.7 Å². The summed E-state index contributed by atoms with van der Waals surface area (Å²) in [6, 6.07) is 11.6. The minimum Gasteiger partial charge on any atom is -0.383 e. The zero-order valence-electron chi connectivity index (χ0n) is 17.9. The minimum absolute atomic E-state index is 0. The van der Waals surface area contributed by atoms with Gasteiger partial charge in [-0.3, -0.25) is 0 Å². The van der Waals surface area contributed by atoms with E-state index in [1.54, 1.807) is 43.3 Å². The van der Waals surface area contributed by atoms with E-state index in [9.17, 15) is 12.8 Å². The van der Waals surface area contributed by atoms with E-state index in [0.717, 1.165) is 11.1 Å². The van der Waals surface area contributed by atoms with Gasteiger partial charge in [0.2, 0.25) is 10.0 Å². The highest BCUT2D eigenvalue weighted by atomic mass is 127. The number of sulfonamides is 1. The van der Waals surface area contributed by atoms with Crippen LogP contribution in [0, 0.1) is 12.7 Å². The van der Waals surface area contributed by atoms with Gasteiger partial charge in [-0.25, -0.2) is 22.5 Å². The van der Waals surface area contributed by atoms with E-state index in [4.69, 9.17) is 4.74 Å². The first-order valence-corrected chi connectivity index (χ1v) is 11.2.